The van der Waals surface area contributed by atoms with Crippen molar-refractivity contribution in [3.05, 3.63) is 30.1 Å². The molecule has 6 heteroatoms. The van der Waals surface area contributed by atoms with E-state index in [1.54, 1.807) is 0 Å². The average molecular weight is 277 g/mol. The topological polar surface area (TPSA) is 74.0 Å². The van der Waals surface area contributed by atoms with E-state index < -0.39 is 0 Å². The lowest BCUT2D eigenvalue weighted by molar-refractivity contribution is -0.114. The number of ketones is 1. The smallest absolute Gasteiger partial charge is 0.185 e. The van der Waals surface area contributed by atoms with E-state index in [1.165, 1.54) is 24.3 Å². The van der Waals surface area contributed by atoms with Crippen LogP contribution in [0.15, 0.2) is 34.5 Å². The molecule has 2 rings (SSSR count). The van der Waals surface area contributed by atoms with Gasteiger partial charge in [0.1, 0.15) is 11.5 Å². The van der Waals surface area contributed by atoms with E-state index in [1.807, 2.05) is 13.8 Å². The highest BCUT2D eigenvalue weighted by Gasteiger charge is 2.36. The molecular formula is C14H16FN3O2. The summed E-state index contributed by atoms with van der Waals surface area (Å²) in [6.45, 7) is 3.86. The van der Waals surface area contributed by atoms with Crippen LogP contribution in [0.4, 0.5) is 10.1 Å². The highest BCUT2D eigenvalue weighted by Crippen LogP contribution is 2.31. The predicted molar refractivity (Wildman–Crippen MR) is 74.7 cm³/mol. The summed E-state index contributed by atoms with van der Waals surface area (Å²) < 4.78 is 12.8. The minimum absolute atomic E-state index is 0.121. The van der Waals surface area contributed by atoms with Crippen LogP contribution >= 0.6 is 0 Å². The van der Waals surface area contributed by atoms with E-state index in [0.29, 0.717) is 18.5 Å². The van der Waals surface area contributed by atoms with E-state index >= 15 is 0 Å². The Bertz CT molecular complexity index is 577. The van der Waals surface area contributed by atoms with Gasteiger partial charge in [-0.1, -0.05) is 19.0 Å². The number of hydrogen-bond acceptors (Lipinski definition) is 5. The second-order valence-electron chi connectivity index (χ2n) is 5.57. The van der Waals surface area contributed by atoms with Crippen molar-refractivity contribution in [2.45, 2.75) is 26.7 Å². The molecule has 20 heavy (non-hydrogen) atoms. The fourth-order valence-electron chi connectivity index (χ4n) is 2.13. The number of halogens is 1. The first kappa shape index (κ1) is 14.2. The predicted octanol–water partition coefficient (Wildman–Crippen LogP) is 2.81. The first-order chi connectivity index (χ1) is 9.41. The van der Waals surface area contributed by atoms with Gasteiger partial charge in [-0.15, -0.1) is 0 Å². The standard InChI is InChI=1S/C14H16FN3O2/c1-14(2)7-11(18-20)13(12(19)8-14)17-16-10-5-3-9(15)4-6-10/h3-6,16,20H,7-8H2,1-2H3/b17-13?,18-11+. The third-order valence-corrected chi connectivity index (χ3v) is 3.08. The normalized spacial score (nSPS) is 22.2. The number of Topliss-reactive ketones (excluding diaryl/α,β-unsaturated/α-hetero) is 1. The molecule has 2 N–H and O–H groups in total. The van der Waals surface area contributed by atoms with E-state index in [0.717, 1.165) is 0 Å². The number of anilines is 1. The van der Waals surface area contributed by atoms with Crippen LogP contribution in [0.2, 0.25) is 0 Å². The number of hydrazone groups is 1. The largest absolute Gasteiger partial charge is 0.411 e. The molecule has 0 aliphatic heterocycles. The summed E-state index contributed by atoms with van der Waals surface area (Å²) in [4.78, 5) is 12.0. The van der Waals surface area contributed by atoms with Gasteiger partial charge in [0.15, 0.2) is 11.5 Å². The average Bonchev–Trinajstić information content (AvgIpc) is 2.38. The molecular weight excluding hydrogens is 261 g/mol. The van der Waals surface area contributed by atoms with Crippen LogP contribution in [0, 0.1) is 11.2 Å². The number of hydrogen-bond donors (Lipinski definition) is 2. The van der Waals surface area contributed by atoms with Crippen LogP contribution in [0.5, 0.6) is 0 Å². The van der Waals surface area contributed by atoms with Gasteiger partial charge in [0.25, 0.3) is 0 Å². The van der Waals surface area contributed by atoms with Crippen molar-refractivity contribution in [2.24, 2.45) is 15.7 Å². The van der Waals surface area contributed by atoms with Gasteiger partial charge < -0.3 is 5.21 Å². The maximum Gasteiger partial charge on any atom is 0.185 e. The van der Waals surface area contributed by atoms with E-state index in [9.17, 15) is 9.18 Å². The summed E-state index contributed by atoms with van der Waals surface area (Å²) in [5.41, 5.74) is 3.37. The Morgan fingerprint density at radius 3 is 2.50 bits per heavy atom. The zero-order valence-electron chi connectivity index (χ0n) is 11.4. The van der Waals surface area contributed by atoms with Crippen molar-refractivity contribution < 1.29 is 14.4 Å². The van der Waals surface area contributed by atoms with Crippen molar-refractivity contribution in [3.8, 4) is 0 Å². The highest BCUT2D eigenvalue weighted by molar-refractivity contribution is 6.68. The van der Waals surface area contributed by atoms with Gasteiger partial charge in [0.2, 0.25) is 0 Å². The Balaban J connectivity index is 2.20. The molecule has 0 radical (unpaired) electrons. The number of nitrogens with zero attached hydrogens (tertiary/aromatic N) is 2. The monoisotopic (exact) mass is 277 g/mol. The van der Waals surface area contributed by atoms with Crippen LogP contribution < -0.4 is 5.43 Å². The quantitative estimate of drug-likeness (QED) is 0.644. The highest BCUT2D eigenvalue weighted by atomic mass is 19.1. The van der Waals surface area contributed by atoms with Gasteiger partial charge in [0, 0.05) is 12.8 Å². The van der Waals surface area contributed by atoms with Gasteiger partial charge in [-0.2, -0.15) is 5.10 Å². The number of nitrogens with one attached hydrogen (secondary N) is 1. The van der Waals surface area contributed by atoms with Crippen molar-refractivity contribution >= 4 is 22.9 Å². The minimum atomic E-state index is -0.351. The van der Waals surface area contributed by atoms with E-state index in [4.69, 9.17) is 5.21 Å². The molecule has 0 spiro atoms. The second-order valence-corrected chi connectivity index (χ2v) is 5.57. The number of oxime groups is 1. The first-order valence-electron chi connectivity index (χ1n) is 6.25. The van der Waals surface area contributed by atoms with Crippen LogP contribution in [0.25, 0.3) is 0 Å². The first-order valence-corrected chi connectivity index (χ1v) is 6.25. The molecule has 0 unspecified atom stereocenters. The van der Waals surface area contributed by atoms with Crippen molar-refractivity contribution in [3.63, 3.8) is 0 Å². The Morgan fingerprint density at radius 2 is 1.90 bits per heavy atom. The molecule has 0 amide bonds. The van der Waals surface area contributed by atoms with E-state index in [2.05, 4.69) is 15.7 Å². The summed E-state index contributed by atoms with van der Waals surface area (Å²) in [6, 6.07) is 5.59. The minimum Gasteiger partial charge on any atom is -0.411 e. The summed E-state index contributed by atoms with van der Waals surface area (Å²) in [6.07, 6.45) is 0.815. The molecule has 106 valence electrons. The van der Waals surface area contributed by atoms with E-state index in [-0.39, 0.29) is 28.4 Å². The molecule has 0 atom stereocenters. The molecule has 1 aliphatic carbocycles. The van der Waals surface area contributed by atoms with Gasteiger partial charge in [-0.3, -0.25) is 10.2 Å². The van der Waals surface area contributed by atoms with Gasteiger partial charge in [-0.05, 0) is 29.7 Å². The lowest BCUT2D eigenvalue weighted by Gasteiger charge is -2.29. The number of benzene rings is 1. The maximum atomic E-state index is 12.8. The van der Waals surface area contributed by atoms with Crippen LogP contribution in [0.1, 0.15) is 26.7 Å². The molecule has 0 heterocycles. The lowest BCUT2D eigenvalue weighted by atomic mass is 9.75. The zero-order chi connectivity index (χ0) is 14.8. The van der Waals surface area contributed by atoms with Crippen LogP contribution in [-0.4, -0.2) is 22.4 Å². The fourth-order valence-corrected chi connectivity index (χ4v) is 2.13. The van der Waals surface area contributed by atoms with Crippen LogP contribution in [0.3, 0.4) is 0 Å². The molecule has 1 fully saturated rings. The van der Waals surface area contributed by atoms with Gasteiger partial charge >= 0.3 is 0 Å². The molecule has 0 aromatic heterocycles. The third kappa shape index (κ3) is 3.20. The molecule has 1 aliphatic rings. The Morgan fingerprint density at radius 1 is 1.25 bits per heavy atom. The number of rotatable bonds is 2. The van der Waals surface area contributed by atoms with Crippen molar-refractivity contribution in [2.75, 3.05) is 5.43 Å². The second kappa shape index (κ2) is 5.40. The molecule has 0 saturated heterocycles. The van der Waals surface area contributed by atoms with Crippen LogP contribution in [-0.2, 0) is 4.79 Å². The number of carbonyl (C=O) groups excluding carboxylic acids is 1. The number of carbonyl (C=O) groups is 1. The van der Waals surface area contributed by atoms with Crippen molar-refractivity contribution in [1.29, 1.82) is 0 Å². The third-order valence-electron chi connectivity index (χ3n) is 3.08. The fraction of sp³-hybridized carbons (Fsp3) is 0.357. The maximum absolute atomic E-state index is 12.8. The lowest BCUT2D eigenvalue weighted by Crippen LogP contribution is -2.38. The molecule has 1 saturated carbocycles. The Labute approximate surface area is 116 Å². The Hall–Kier alpha value is -2.24. The van der Waals surface area contributed by atoms with Gasteiger partial charge in [0.05, 0.1) is 5.69 Å². The summed E-state index contributed by atoms with van der Waals surface area (Å²) in [5.74, 6) is -0.528. The van der Waals surface area contributed by atoms with Gasteiger partial charge in [-0.25, -0.2) is 4.39 Å². The molecule has 5 nitrogen and oxygen atoms in total. The molecule has 0 bridgehead atoms. The Kier molecular flexibility index (Phi) is 3.83. The molecule has 1 aromatic rings. The van der Waals surface area contributed by atoms with Crippen molar-refractivity contribution in [1.82, 2.24) is 0 Å². The SMILES string of the molecule is CC1(C)CC(=O)C(=NNc2ccc(F)cc2)/C(=N/O)C1. The zero-order valence-corrected chi connectivity index (χ0v) is 11.4. The molecule has 1 aromatic carbocycles. The summed E-state index contributed by atoms with van der Waals surface area (Å²) >= 11 is 0. The summed E-state index contributed by atoms with van der Waals surface area (Å²) in [7, 11) is 0. The summed E-state index contributed by atoms with van der Waals surface area (Å²) in [5, 5.41) is 16.2.